The zero-order chi connectivity index (χ0) is 14.8. The van der Waals surface area contributed by atoms with Gasteiger partial charge in [-0.2, -0.15) is 0 Å². The highest BCUT2D eigenvalue weighted by atomic mass is 79.9. The second kappa shape index (κ2) is 7.14. The molecule has 1 heterocycles. The Balaban J connectivity index is 1.62. The van der Waals surface area contributed by atoms with Gasteiger partial charge in [-0.25, -0.2) is 0 Å². The van der Waals surface area contributed by atoms with Crippen LogP contribution in [0.3, 0.4) is 0 Å². The fraction of sp³-hybridized carbons (Fsp3) is 0.778. The molecule has 1 nitrogen and oxygen atoms in total. The SMILES string of the molecule is CC(C)C1CCC(CNC2CC2)C(Cc2ccc(Br)s2)C1. The molecule has 3 heteroatoms. The van der Waals surface area contributed by atoms with E-state index in [9.17, 15) is 0 Å². The minimum absolute atomic E-state index is 0.847. The van der Waals surface area contributed by atoms with Gasteiger partial charge in [0.05, 0.1) is 3.79 Å². The van der Waals surface area contributed by atoms with Crippen LogP contribution in [0.4, 0.5) is 0 Å². The van der Waals surface area contributed by atoms with Crippen LogP contribution >= 0.6 is 27.3 Å². The van der Waals surface area contributed by atoms with E-state index in [1.165, 1.54) is 48.9 Å². The van der Waals surface area contributed by atoms with Crippen LogP contribution < -0.4 is 5.32 Å². The monoisotopic (exact) mass is 369 g/mol. The Labute approximate surface area is 142 Å². The summed E-state index contributed by atoms with van der Waals surface area (Å²) in [7, 11) is 0. The number of halogens is 1. The van der Waals surface area contributed by atoms with Crippen molar-refractivity contribution in [3.8, 4) is 0 Å². The van der Waals surface area contributed by atoms with E-state index in [4.69, 9.17) is 0 Å². The van der Waals surface area contributed by atoms with Crippen LogP contribution in [-0.2, 0) is 6.42 Å². The van der Waals surface area contributed by atoms with Gasteiger partial charge in [0.2, 0.25) is 0 Å². The van der Waals surface area contributed by atoms with Crippen molar-refractivity contribution in [1.29, 1.82) is 0 Å². The third-order valence-electron chi connectivity index (χ3n) is 5.46. The van der Waals surface area contributed by atoms with Gasteiger partial charge < -0.3 is 5.32 Å². The summed E-state index contributed by atoms with van der Waals surface area (Å²) in [5.41, 5.74) is 0. The Kier molecular flexibility index (Phi) is 5.45. The topological polar surface area (TPSA) is 12.0 Å². The zero-order valence-corrected chi connectivity index (χ0v) is 15.7. The van der Waals surface area contributed by atoms with Crippen molar-refractivity contribution in [2.75, 3.05) is 6.54 Å². The minimum atomic E-state index is 0.847. The highest BCUT2D eigenvalue weighted by Crippen LogP contribution is 2.40. The van der Waals surface area contributed by atoms with Crippen LogP contribution in [0.1, 0.15) is 50.8 Å². The van der Waals surface area contributed by atoms with Gasteiger partial charge >= 0.3 is 0 Å². The van der Waals surface area contributed by atoms with Crippen molar-refractivity contribution in [1.82, 2.24) is 5.32 Å². The Hall–Kier alpha value is 0.140. The van der Waals surface area contributed by atoms with Crippen molar-refractivity contribution in [3.05, 3.63) is 20.8 Å². The van der Waals surface area contributed by atoms with E-state index in [0.29, 0.717) is 0 Å². The molecule has 1 aromatic rings. The lowest BCUT2D eigenvalue weighted by Gasteiger charge is -2.38. The van der Waals surface area contributed by atoms with Gasteiger partial charge in [-0.1, -0.05) is 13.8 Å². The van der Waals surface area contributed by atoms with Gasteiger partial charge in [0.15, 0.2) is 0 Å². The Morgan fingerprint density at radius 2 is 2.00 bits per heavy atom. The third-order valence-corrected chi connectivity index (χ3v) is 7.11. The van der Waals surface area contributed by atoms with Gasteiger partial charge in [-0.3, -0.25) is 0 Å². The summed E-state index contributed by atoms with van der Waals surface area (Å²) in [6, 6.07) is 5.38. The van der Waals surface area contributed by atoms with Gasteiger partial charge in [0.1, 0.15) is 0 Å². The Morgan fingerprint density at radius 1 is 1.19 bits per heavy atom. The maximum atomic E-state index is 3.79. The third kappa shape index (κ3) is 4.56. The molecule has 0 radical (unpaired) electrons. The largest absolute Gasteiger partial charge is 0.314 e. The minimum Gasteiger partial charge on any atom is -0.314 e. The molecule has 118 valence electrons. The van der Waals surface area contributed by atoms with Crippen LogP contribution in [-0.4, -0.2) is 12.6 Å². The second-order valence-corrected chi connectivity index (χ2v) is 9.98. The summed E-state index contributed by atoms with van der Waals surface area (Å²) in [6.07, 6.45) is 8.41. The number of rotatable bonds is 6. The normalized spacial score (nSPS) is 30.0. The fourth-order valence-electron chi connectivity index (χ4n) is 3.81. The summed E-state index contributed by atoms with van der Waals surface area (Å²) in [4.78, 5) is 1.56. The van der Waals surface area contributed by atoms with Crippen LogP contribution in [0.5, 0.6) is 0 Å². The molecular weight excluding hydrogens is 342 g/mol. The molecule has 2 saturated carbocycles. The highest BCUT2D eigenvalue weighted by Gasteiger charge is 2.33. The van der Waals surface area contributed by atoms with E-state index >= 15 is 0 Å². The summed E-state index contributed by atoms with van der Waals surface area (Å²) in [6.45, 7) is 6.07. The molecule has 3 rings (SSSR count). The van der Waals surface area contributed by atoms with E-state index in [1.54, 1.807) is 4.88 Å². The molecule has 0 aromatic carbocycles. The quantitative estimate of drug-likeness (QED) is 0.698. The maximum absolute atomic E-state index is 3.79. The lowest BCUT2D eigenvalue weighted by atomic mass is 9.69. The van der Waals surface area contributed by atoms with E-state index in [1.807, 2.05) is 11.3 Å². The van der Waals surface area contributed by atoms with Crippen molar-refractivity contribution in [2.24, 2.45) is 23.7 Å². The first kappa shape index (κ1) is 16.0. The molecule has 3 atom stereocenters. The van der Waals surface area contributed by atoms with Crippen LogP contribution in [0, 0.1) is 23.7 Å². The van der Waals surface area contributed by atoms with Crippen molar-refractivity contribution >= 4 is 27.3 Å². The first-order valence-electron chi connectivity index (χ1n) is 8.59. The summed E-state index contributed by atoms with van der Waals surface area (Å²) >= 11 is 5.54. The molecule has 0 saturated heterocycles. The van der Waals surface area contributed by atoms with Gasteiger partial charge in [0, 0.05) is 10.9 Å². The number of hydrogen-bond acceptors (Lipinski definition) is 2. The summed E-state index contributed by atoms with van der Waals surface area (Å²) in [5, 5.41) is 3.79. The molecule has 1 N–H and O–H groups in total. The summed E-state index contributed by atoms with van der Waals surface area (Å²) < 4.78 is 1.28. The molecular formula is C18H28BrNS. The molecule has 0 aliphatic heterocycles. The first-order valence-corrected chi connectivity index (χ1v) is 10.2. The average Bonchev–Trinajstić information content (AvgIpc) is 3.19. The Morgan fingerprint density at radius 3 is 2.62 bits per heavy atom. The molecule has 3 unspecified atom stereocenters. The van der Waals surface area contributed by atoms with Crippen molar-refractivity contribution in [2.45, 2.75) is 58.4 Å². The van der Waals surface area contributed by atoms with E-state index < -0.39 is 0 Å². The number of hydrogen-bond donors (Lipinski definition) is 1. The smallest absolute Gasteiger partial charge is 0.0701 e. The highest BCUT2D eigenvalue weighted by molar-refractivity contribution is 9.11. The number of nitrogens with one attached hydrogen (secondary N) is 1. The van der Waals surface area contributed by atoms with Crippen LogP contribution in [0.2, 0.25) is 0 Å². The summed E-state index contributed by atoms with van der Waals surface area (Å²) in [5.74, 6) is 3.56. The average molecular weight is 370 g/mol. The zero-order valence-electron chi connectivity index (χ0n) is 13.3. The molecule has 0 amide bonds. The molecule has 21 heavy (non-hydrogen) atoms. The molecule has 0 bridgehead atoms. The fourth-order valence-corrected chi connectivity index (χ4v) is 5.39. The second-order valence-electron chi connectivity index (χ2n) is 7.43. The van der Waals surface area contributed by atoms with Gasteiger partial charge in [0.25, 0.3) is 0 Å². The standard InChI is InChI=1S/C18H28BrNS/c1-12(2)13-3-4-14(11-20-16-5-6-16)15(9-13)10-17-7-8-18(19)21-17/h7-8,12-16,20H,3-6,9-11H2,1-2H3. The van der Waals surface area contributed by atoms with Gasteiger partial charge in [-0.05, 0) is 96.8 Å². The predicted octanol–water partition coefficient (Wildman–Crippen LogP) is 5.49. The maximum Gasteiger partial charge on any atom is 0.0701 e. The van der Waals surface area contributed by atoms with Crippen molar-refractivity contribution in [3.63, 3.8) is 0 Å². The number of thiophene rings is 1. The Bertz CT molecular complexity index is 452. The van der Waals surface area contributed by atoms with E-state index in [2.05, 4.69) is 47.2 Å². The van der Waals surface area contributed by atoms with Crippen LogP contribution in [0.15, 0.2) is 15.9 Å². The van der Waals surface area contributed by atoms with Crippen molar-refractivity contribution < 1.29 is 0 Å². The molecule has 2 aliphatic rings. The predicted molar refractivity (Wildman–Crippen MR) is 95.9 cm³/mol. The van der Waals surface area contributed by atoms with E-state index in [-0.39, 0.29) is 0 Å². The first-order chi connectivity index (χ1) is 10.1. The lowest BCUT2D eigenvalue weighted by molar-refractivity contribution is 0.145. The molecule has 0 spiro atoms. The molecule has 2 fully saturated rings. The van der Waals surface area contributed by atoms with Gasteiger partial charge in [-0.15, -0.1) is 11.3 Å². The lowest BCUT2D eigenvalue weighted by Crippen LogP contribution is -2.36. The van der Waals surface area contributed by atoms with Crippen LogP contribution in [0.25, 0.3) is 0 Å². The molecule has 2 aliphatic carbocycles. The molecule has 1 aromatic heterocycles. The van der Waals surface area contributed by atoms with E-state index in [0.717, 1.165) is 29.7 Å².